The lowest BCUT2D eigenvalue weighted by molar-refractivity contribution is -0.201. The summed E-state index contributed by atoms with van der Waals surface area (Å²) in [4.78, 5) is 26.1. The highest BCUT2D eigenvalue weighted by Crippen LogP contribution is 2.34. The maximum Gasteiger partial charge on any atom is 0.405 e. The van der Waals surface area contributed by atoms with E-state index in [9.17, 15) is 32.3 Å². The van der Waals surface area contributed by atoms with Gasteiger partial charge in [0.1, 0.15) is 17.7 Å². The van der Waals surface area contributed by atoms with Gasteiger partial charge in [-0.25, -0.2) is 13.6 Å². The van der Waals surface area contributed by atoms with Gasteiger partial charge in [0, 0.05) is 24.7 Å². The van der Waals surface area contributed by atoms with E-state index >= 15 is 0 Å². The molecule has 3 N–H and O–H groups in total. The lowest BCUT2D eigenvalue weighted by atomic mass is 9.98. The van der Waals surface area contributed by atoms with Gasteiger partial charge in [-0.2, -0.15) is 8.78 Å². The summed E-state index contributed by atoms with van der Waals surface area (Å²) < 4.78 is 57.4. The number of rotatable bonds is 7. The molecule has 7 nitrogen and oxygen atoms in total. The minimum absolute atomic E-state index is 0.0546. The van der Waals surface area contributed by atoms with Crippen LogP contribution in [0.5, 0.6) is 0 Å². The average Bonchev–Trinajstić information content (AvgIpc) is 3.04. The molecule has 1 fully saturated rings. The number of ether oxygens (including phenoxy) is 1. The summed E-state index contributed by atoms with van der Waals surface area (Å²) in [6.07, 6.45) is -1.77. The van der Waals surface area contributed by atoms with Crippen molar-refractivity contribution in [3.05, 3.63) is 70.8 Å². The number of carbonyl (C=O) groups is 2. The van der Waals surface area contributed by atoms with Crippen LogP contribution in [0.15, 0.2) is 42.5 Å². The molecule has 3 atom stereocenters. The van der Waals surface area contributed by atoms with Gasteiger partial charge in [-0.3, -0.25) is 9.69 Å². The highest BCUT2D eigenvalue weighted by molar-refractivity contribution is 5.84. The maximum atomic E-state index is 14.6. The molecule has 33 heavy (non-hydrogen) atoms. The van der Waals surface area contributed by atoms with Crippen LogP contribution in [0.2, 0.25) is 0 Å². The number of hydrogen-bond acceptors (Lipinski definition) is 4. The summed E-state index contributed by atoms with van der Waals surface area (Å²) in [7, 11) is 0. The molecule has 2 aromatic carbocycles. The van der Waals surface area contributed by atoms with Crippen molar-refractivity contribution in [2.75, 3.05) is 13.1 Å². The minimum Gasteiger partial charge on any atom is -0.465 e. The standard InChI is InChI=1S/C22H21F4N3O4/c23-12-5-6-15(16(24)8-12)19(29-9-13(10-29)33-21(25)26)20(30)27-17-7-11-3-1-2-4-14(11)18(17)28-22(31)32/h1-6,8,13,17-19,21,28H,7,9-10H2,(H,27,30)(H,31,32)/t17-,18-,19?/m0/s1. The van der Waals surface area contributed by atoms with E-state index in [-0.39, 0.29) is 18.7 Å². The van der Waals surface area contributed by atoms with E-state index in [1.165, 1.54) is 4.90 Å². The molecule has 1 unspecified atom stereocenters. The molecule has 0 bridgehead atoms. The summed E-state index contributed by atoms with van der Waals surface area (Å²) in [6.45, 7) is -3.09. The van der Waals surface area contributed by atoms with Crippen LogP contribution in [-0.2, 0) is 16.0 Å². The number of hydrogen-bond donors (Lipinski definition) is 3. The number of carboxylic acid groups (broad SMARTS) is 1. The number of nitrogens with one attached hydrogen (secondary N) is 2. The first kappa shape index (κ1) is 23.0. The van der Waals surface area contributed by atoms with Gasteiger partial charge in [-0.15, -0.1) is 0 Å². The first-order valence-corrected chi connectivity index (χ1v) is 10.2. The molecule has 176 valence electrons. The second-order valence-electron chi connectivity index (χ2n) is 7.99. The van der Waals surface area contributed by atoms with Crippen LogP contribution < -0.4 is 10.6 Å². The second-order valence-corrected chi connectivity index (χ2v) is 7.99. The Morgan fingerprint density at radius 1 is 1.09 bits per heavy atom. The third kappa shape index (κ3) is 4.93. The predicted molar refractivity (Wildman–Crippen MR) is 108 cm³/mol. The Morgan fingerprint density at radius 3 is 2.48 bits per heavy atom. The Kier molecular flexibility index (Phi) is 6.52. The summed E-state index contributed by atoms with van der Waals surface area (Å²) in [5.74, 6) is -2.44. The van der Waals surface area contributed by atoms with Crippen LogP contribution in [-0.4, -0.2) is 53.9 Å². The predicted octanol–water partition coefficient (Wildman–Crippen LogP) is 2.98. The number of carbonyl (C=O) groups excluding carboxylic acids is 1. The van der Waals surface area contributed by atoms with Crippen LogP contribution in [0, 0.1) is 11.6 Å². The highest BCUT2D eigenvalue weighted by Gasteiger charge is 2.42. The molecule has 11 heteroatoms. The van der Waals surface area contributed by atoms with Crippen molar-refractivity contribution in [3.8, 4) is 0 Å². The topological polar surface area (TPSA) is 90.9 Å². The number of alkyl halides is 2. The van der Waals surface area contributed by atoms with Crippen molar-refractivity contribution in [3.63, 3.8) is 0 Å². The van der Waals surface area contributed by atoms with Crippen LogP contribution >= 0.6 is 0 Å². The van der Waals surface area contributed by atoms with Crippen molar-refractivity contribution in [1.29, 1.82) is 0 Å². The van der Waals surface area contributed by atoms with Crippen molar-refractivity contribution in [1.82, 2.24) is 15.5 Å². The van der Waals surface area contributed by atoms with Crippen LogP contribution in [0.4, 0.5) is 22.4 Å². The monoisotopic (exact) mass is 467 g/mol. The number of halogens is 4. The molecule has 4 rings (SSSR count). The maximum absolute atomic E-state index is 14.6. The fourth-order valence-corrected chi connectivity index (χ4v) is 4.44. The first-order chi connectivity index (χ1) is 15.7. The van der Waals surface area contributed by atoms with Gasteiger partial charge in [0.05, 0.1) is 18.2 Å². The Balaban J connectivity index is 1.57. The van der Waals surface area contributed by atoms with Crippen molar-refractivity contribution >= 4 is 12.0 Å². The van der Waals surface area contributed by atoms with E-state index < -0.39 is 54.5 Å². The number of nitrogens with zero attached hydrogens (tertiary/aromatic N) is 1. The quantitative estimate of drug-likeness (QED) is 0.545. The molecule has 0 radical (unpaired) electrons. The van der Waals surface area contributed by atoms with Crippen molar-refractivity contribution in [2.45, 2.75) is 37.3 Å². The Morgan fingerprint density at radius 2 is 1.82 bits per heavy atom. The largest absolute Gasteiger partial charge is 0.465 e. The molecule has 1 heterocycles. The van der Waals surface area contributed by atoms with Gasteiger partial charge in [0.15, 0.2) is 0 Å². The minimum atomic E-state index is -2.98. The summed E-state index contributed by atoms with van der Waals surface area (Å²) in [5.41, 5.74) is 1.44. The third-order valence-electron chi connectivity index (χ3n) is 5.88. The smallest absolute Gasteiger partial charge is 0.405 e. The lowest BCUT2D eigenvalue weighted by Crippen LogP contribution is -2.58. The molecule has 2 amide bonds. The molecule has 2 aromatic rings. The number of likely N-dealkylation sites (tertiary alicyclic amines) is 1. The zero-order valence-electron chi connectivity index (χ0n) is 17.2. The van der Waals surface area contributed by atoms with Crippen LogP contribution in [0.25, 0.3) is 0 Å². The lowest BCUT2D eigenvalue weighted by Gasteiger charge is -2.43. The summed E-state index contributed by atoms with van der Waals surface area (Å²) >= 11 is 0. The van der Waals surface area contributed by atoms with E-state index in [0.717, 1.165) is 17.7 Å². The van der Waals surface area contributed by atoms with Crippen LogP contribution in [0.3, 0.4) is 0 Å². The first-order valence-electron chi connectivity index (χ1n) is 10.2. The van der Waals surface area contributed by atoms with Gasteiger partial charge in [0.2, 0.25) is 5.91 Å². The average molecular weight is 467 g/mol. The van der Waals surface area contributed by atoms with Gasteiger partial charge in [-0.05, 0) is 23.6 Å². The highest BCUT2D eigenvalue weighted by atomic mass is 19.3. The van der Waals surface area contributed by atoms with Gasteiger partial charge >= 0.3 is 12.7 Å². The molecule has 0 aromatic heterocycles. The normalized spacial score (nSPS) is 21.4. The molecule has 1 saturated heterocycles. The van der Waals surface area contributed by atoms with Gasteiger partial charge in [0.25, 0.3) is 0 Å². The molecule has 0 saturated carbocycles. The Hall–Kier alpha value is -3.18. The summed E-state index contributed by atoms with van der Waals surface area (Å²) in [6, 6.07) is 7.26. The molecular weight excluding hydrogens is 446 g/mol. The van der Waals surface area contributed by atoms with E-state index in [0.29, 0.717) is 18.1 Å². The third-order valence-corrected chi connectivity index (χ3v) is 5.88. The Bertz CT molecular complexity index is 1050. The van der Waals surface area contributed by atoms with E-state index in [1.807, 2.05) is 6.07 Å². The van der Waals surface area contributed by atoms with Gasteiger partial charge < -0.3 is 20.5 Å². The number of benzene rings is 2. The van der Waals surface area contributed by atoms with E-state index in [2.05, 4.69) is 15.4 Å². The Labute approximate surface area is 186 Å². The SMILES string of the molecule is O=C(O)N[C@H]1c2ccccc2C[C@@H]1NC(=O)C(c1ccc(F)cc1F)N1CC(OC(F)F)C1. The molecule has 1 aliphatic carbocycles. The van der Waals surface area contributed by atoms with E-state index in [1.54, 1.807) is 18.2 Å². The fraction of sp³-hybridized carbons (Fsp3) is 0.364. The van der Waals surface area contributed by atoms with Crippen molar-refractivity contribution < 1.29 is 37.0 Å². The number of amides is 2. The molecule has 2 aliphatic rings. The fourth-order valence-electron chi connectivity index (χ4n) is 4.44. The number of fused-ring (bicyclic) bond motifs is 1. The van der Waals surface area contributed by atoms with Crippen LogP contribution in [0.1, 0.15) is 28.8 Å². The molecule has 0 spiro atoms. The van der Waals surface area contributed by atoms with Gasteiger partial charge in [-0.1, -0.05) is 30.3 Å². The molecule has 1 aliphatic heterocycles. The summed E-state index contributed by atoms with van der Waals surface area (Å²) in [5, 5.41) is 14.4. The zero-order chi connectivity index (χ0) is 23.7. The van der Waals surface area contributed by atoms with Crippen molar-refractivity contribution in [2.24, 2.45) is 0 Å². The van der Waals surface area contributed by atoms with E-state index in [4.69, 9.17) is 0 Å². The zero-order valence-corrected chi connectivity index (χ0v) is 17.2. The second kappa shape index (κ2) is 9.36. The molecular formula is C22H21F4N3O4.